The maximum atomic E-state index is 11.2. The predicted octanol–water partition coefficient (Wildman–Crippen LogP) is 5.67. The van der Waals surface area contributed by atoms with Crippen LogP contribution in [0.4, 0.5) is 0 Å². The number of hydrogen-bond donors (Lipinski definition) is 0. The second-order valence-electron chi connectivity index (χ2n) is 14.5. The van der Waals surface area contributed by atoms with Gasteiger partial charge < -0.3 is 20.4 Å². The smallest absolute Gasteiger partial charge is 0.850 e. The topological polar surface area (TPSA) is 92.2 Å². The monoisotopic (exact) mass is 564 g/mol. The third-order valence-electron chi connectivity index (χ3n) is 8.39. The molecule has 0 radical (unpaired) electrons. The molecule has 0 heterocycles. The standard InChI is InChI=1S/4C8H17O.Ti/c4*1-6(2)7(3)8(4,5)9;/h4*6-7H,1-5H3;/q4*-1;+4. The van der Waals surface area contributed by atoms with Gasteiger partial charge >= 0.3 is 21.7 Å². The first kappa shape index (κ1) is 47.3. The van der Waals surface area contributed by atoms with Gasteiger partial charge in [0.1, 0.15) is 0 Å². The third-order valence-corrected chi connectivity index (χ3v) is 8.39. The van der Waals surface area contributed by atoms with Gasteiger partial charge in [-0.2, -0.15) is 0 Å². The van der Waals surface area contributed by atoms with Crippen molar-refractivity contribution < 1.29 is 42.1 Å². The van der Waals surface area contributed by atoms with E-state index in [1.807, 2.05) is 27.7 Å². The van der Waals surface area contributed by atoms with Gasteiger partial charge in [-0.1, -0.05) is 162 Å². The van der Waals surface area contributed by atoms with E-state index in [0.29, 0.717) is 23.7 Å². The van der Waals surface area contributed by atoms with Gasteiger partial charge in [0.15, 0.2) is 0 Å². The average Bonchev–Trinajstić information content (AvgIpc) is 2.63. The zero-order valence-corrected chi connectivity index (χ0v) is 30.3. The van der Waals surface area contributed by atoms with Gasteiger partial charge in [0.05, 0.1) is 0 Å². The normalized spacial score (nSPS) is 15.9. The van der Waals surface area contributed by atoms with E-state index in [1.54, 1.807) is 55.4 Å². The molecule has 0 aromatic carbocycles. The summed E-state index contributed by atoms with van der Waals surface area (Å²) in [5.74, 6) is 3.04. The second-order valence-corrected chi connectivity index (χ2v) is 14.5. The summed E-state index contributed by atoms with van der Waals surface area (Å²) in [4.78, 5) is 0. The van der Waals surface area contributed by atoms with Crippen molar-refractivity contribution in [1.82, 2.24) is 0 Å². The summed E-state index contributed by atoms with van der Waals surface area (Å²) in [6.07, 6.45) is 0. The fourth-order valence-corrected chi connectivity index (χ4v) is 3.21. The van der Waals surface area contributed by atoms with Gasteiger partial charge in [0.25, 0.3) is 0 Å². The molecule has 224 valence electrons. The van der Waals surface area contributed by atoms with Crippen LogP contribution in [0.15, 0.2) is 0 Å². The molecular formula is C32H68O4Ti. The first-order valence-electron chi connectivity index (χ1n) is 14.2. The van der Waals surface area contributed by atoms with Crippen molar-refractivity contribution in [1.29, 1.82) is 0 Å². The van der Waals surface area contributed by atoms with Gasteiger partial charge in [-0.3, -0.25) is 0 Å². The average molecular weight is 565 g/mol. The van der Waals surface area contributed by atoms with E-state index in [1.165, 1.54) is 0 Å². The van der Waals surface area contributed by atoms with Crippen LogP contribution in [0.2, 0.25) is 0 Å². The fourth-order valence-electron chi connectivity index (χ4n) is 3.21. The van der Waals surface area contributed by atoms with Gasteiger partial charge in [0, 0.05) is 0 Å². The molecule has 0 rings (SSSR count). The molecule has 5 heteroatoms. The molecule has 4 nitrogen and oxygen atoms in total. The summed E-state index contributed by atoms with van der Waals surface area (Å²) in [7, 11) is 0. The Kier molecular flexibility index (Phi) is 25.1. The van der Waals surface area contributed by atoms with Crippen molar-refractivity contribution >= 4 is 0 Å². The molecule has 0 N–H and O–H groups in total. The SMILES string of the molecule is CC(C)C(C)C(C)(C)[O-].CC(C)C(C)C(C)(C)[O-].CC(C)C(C)C(C)(C)[O-].CC(C)C(C)C(C)(C)[O-].[Ti+4]. The Morgan fingerprint density at radius 1 is 0.297 bits per heavy atom. The predicted molar refractivity (Wildman–Crippen MR) is 152 cm³/mol. The maximum Gasteiger partial charge on any atom is 4.00 e. The fraction of sp³-hybridized carbons (Fsp3) is 1.00. The van der Waals surface area contributed by atoms with Crippen molar-refractivity contribution in [3.8, 4) is 0 Å². The molecule has 0 saturated carbocycles. The number of rotatable bonds is 8. The van der Waals surface area contributed by atoms with E-state index in [2.05, 4.69) is 55.4 Å². The van der Waals surface area contributed by atoms with Gasteiger partial charge in [-0.15, -0.1) is 22.4 Å². The molecule has 37 heavy (non-hydrogen) atoms. The molecule has 0 amide bonds. The van der Waals surface area contributed by atoms with E-state index in [0.717, 1.165) is 0 Å². The molecule has 4 atom stereocenters. The third kappa shape index (κ3) is 26.5. The van der Waals surface area contributed by atoms with Gasteiger partial charge in [-0.25, -0.2) is 0 Å². The van der Waals surface area contributed by atoms with Crippen LogP contribution >= 0.6 is 0 Å². The molecule has 0 aliphatic rings. The molecule has 4 unspecified atom stereocenters. The summed E-state index contributed by atoms with van der Waals surface area (Å²) in [6, 6.07) is 0. The quantitative estimate of drug-likeness (QED) is 0.355. The molecule has 0 aliphatic heterocycles. The second kappa shape index (κ2) is 19.6. The zero-order valence-electron chi connectivity index (χ0n) is 28.8. The molecule has 0 bridgehead atoms. The Morgan fingerprint density at radius 3 is 0.378 bits per heavy atom. The van der Waals surface area contributed by atoms with Crippen molar-refractivity contribution in [2.45, 2.75) is 161 Å². The van der Waals surface area contributed by atoms with Crippen molar-refractivity contribution in [2.75, 3.05) is 0 Å². The Hall–Kier alpha value is 0.554. The molecule has 0 saturated heterocycles. The maximum absolute atomic E-state index is 11.2. The van der Waals surface area contributed by atoms with Crippen LogP contribution in [0.1, 0.15) is 138 Å². The number of hydrogen-bond acceptors (Lipinski definition) is 4. The van der Waals surface area contributed by atoms with Crippen LogP contribution < -0.4 is 20.4 Å². The van der Waals surface area contributed by atoms with Gasteiger partial charge in [-0.05, 0) is 23.7 Å². The Morgan fingerprint density at radius 2 is 0.378 bits per heavy atom. The van der Waals surface area contributed by atoms with E-state index >= 15 is 0 Å². The van der Waals surface area contributed by atoms with Crippen LogP contribution in [0, 0.1) is 47.3 Å². The first-order chi connectivity index (χ1) is 15.4. The van der Waals surface area contributed by atoms with Crippen LogP contribution in [-0.2, 0) is 21.7 Å². The molecule has 0 aromatic rings. The Labute approximate surface area is 249 Å². The molecule has 0 spiro atoms. The van der Waals surface area contributed by atoms with E-state index in [4.69, 9.17) is 0 Å². The largest absolute Gasteiger partial charge is 4.00 e. The summed E-state index contributed by atoms with van der Waals surface area (Å²) >= 11 is 0. The van der Waals surface area contributed by atoms with Crippen molar-refractivity contribution in [3.63, 3.8) is 0 Å². The van der Waals surface area contributed by atoms with Crippen LogP contribution in [0.5, 0.6) is 0 Å². The minimum Gasteiger partial charge on any atom is -0.850 e. The molecule has 0 aliphatic carbocycles. The Balaban J connectivity index is -0.000000122. The van der Waals surface area contributed by atoms with Crippen molar-refractivity contribution in [2.24, 2.45) is 47.3 Å². The van der Waals surface area contributed by atoms with Crippen molar-refractivity contribution in [3.05, 3.63) is 0 Å². The molecule has 0 aromatic heterocycles. The minimum atomic E-state index is -0.770. The summed E-state index contributed by atoms with van der Waals surface area (Å²) < 4.78 is 0. The first-order valence-corrected chi connectivity index (χ1v) is 14.2. The summed E-state index contributed by atoms with van der Waals surface area (Å²) in [6.45, 7) is 38.7. The van der Waals surface area contributed by atoms with E-state index in [-0.39, 0.29) is 45.4 Å². The minimum absolute atomic E-state index is 0. The molecule has 0 fully saturated rings. The summed E-state index contributed by atoms with van der Waals surface area (Å²) in [5.41, 5.74) is -3.08. The Bertz CT molecular complexity index is 419. The van der Waals surface area contributed by atoms with Gasteiger partial charge in [0.2, 0.25) is 0 Å². The van der Waals surface area contributed by atoms with E-state index < -0.39 is 22.4 Å². The van der Waals surface area contributed by atoms with Crippen LogP contribution in [0.3, 0.4) is 0 Å². The summed E-state index contributed by atoms with van der Waals surface area (Å²) in [5, 5.41) is 45.0. The van der Waals surface area contributed by atoms with E-state index in [9.17, 15) is 20.4 Å². The molecular weight excluding hydrogens is 496 g/mol. The zero-order chi connectivity index (χ0) is 30.6. The van der Waals surface area contributed by atoms with Crippen LogP contribution in [-0.4, -0.2) is 22.4 Å². The van der Waals surface area contributed by atoms with Crippen LogP contribution in [0.25, 0.3) is 0 Å².